The van der Waals surface area contributed by atoms with E-state index in [0.717, 1.165) is 57.5 Å². The molecule has 1 unspecified atom stereocenters. The first kappa shape index (κ1) is 22.4. The van der Waals surface area contributed by atoms with Gasteiger partial charge in [0.25, 0.3) is 0 Å². The number of carbonyl (C=O) groups excluding carboxylic acids is 1. The third-order valence-electron chi connectivity index (χ3n) is 6.01. The van der Waals surface area contributed by atoms with Gasteiger partial charge in [0.1, 0.15) is 5.82 Å². The van der Waals surface area contributed by atoms with E-state index >= 15 is 0 Å². The van der Waals surface area contributed by atoms with Gasteiger partial charge in [0.15, 0.2) is 0 Å². The predicted molar refractivity (Wildman–Crippen MR) is 114 cm³/mol. The van der Waals surface area contributed by atoms with Gasteiger partial charge in [-0.15, -0.1) is 0 Å². The summed E-state index contributed by atoms with van der Waals surface area (Å²) in [5.41, 5.74) is -1.44. The molecule has 4 nitrogen and oxygen atoms in total. The van der Waals surface area contributed by atoms with Crippen molar-refractivity contribution in [2.75, 3.05) is 25.0 Å². The van der Waals surface area contributed by atoms with Crippen molar-refractivity contribution >= 4 is 11.7 Å². The molecule has 1 heterocycles. The van der Waals surface area contributed by atoms with E-state index in [-0.39, 0.29) is 23.7 Å². The van der Waals surface area contributed by atoms with Gasteiger partial charge in [-0.1, -0.05) is 30.1 Å². The van der Waals surface area contributed by atoms with Crippen LogP contribution in [0, 0.1) is 23.6 Å². The lowest BCUT2D eigenvalue weighted by Gasteiger charge is -2.39. The highest BCUT2D eigenvalue weighted by molar-refractivity contribution is 5.90. The fourth-order valence-electron chi connectivity index (χ4n) is 4.26. The second kappa shape index (κ2) is 9.37. The van der Waals surface area contributed by atoms with Gasteiger partial charge in [-0.25, -0.2) is 9.18 Å². The topological polar surface area (TPSA) is 35.6 Å². The van der Waals surface area contributed by atoms with Gasteiger partial charge in [0.05, 0.1) is 11.5 Å². The zero-order valence-electron chi connectivity index (χ0n) is 17.5. The van der Waals surface area contributed by atoms with E-state index in [0.29, 0.717) is 6.07 Å². The second-order valence-corrected chi connectivity index (χ2v) is 8.43. The summed E-state index contributed by atoms with van der Waals surface area (Å²) in [5, 5.41) is 2.56. The molecule has 1 N–H and O–H groups in total. The summed E-state index contributed by atoms with van der Waals surface area (Å²) in [6.07, 6.45) is 6.37. The van der Waals surface area contributed by atoms with Crippen LogP contribution in [0.25, 0.3) is 0 Å². The molecule has 2 amide bonds. The Hall–Kier alpha value is -2.79. The number of anilines is 1. The monoisotopic (exact) mass is 447 g/mol. The van der Waals surface area contributed by atoms with Crippen molar-refractivity contribution in [3.63, 3.8) is 0 Å². The zero-order valence-corrected chi connectivity index (χ0v) is 17.5. The first-order valence-electron chi connectivity index (χ1n) is 10.8. The predicted octanol–water partition coefficient (Wildman–Crippen LogP) is 5.05. The number of urea groups is 1. The Kier molecular flexibility index (Phi) is 6.56. The van der Waals surface area contributed by atoms with Crippen LogP contribution in [0.5, 0.6) is 0 Å². The largest absolute Gasteiger partial charge is 0.419 e. The van der Waals surface area contributed by atoms with E-state index in [1.165, 1.54) is 0 Å². The van der Waals surface area contributed by atoms with Crippen LogP contribution < -0.4 is 5.32 Å². The highest BCUT2D eigenvalue weighted by Gasteiger charge is 2.39. The number of nitrogens with zero attached hydrogens (tertiary/aromatic N) is 2. The molecule has 1 saturated heterocycles. The summed E-state index contributed by atoms with van der Waals surface area (Å²) in [5.74, 6) is 5.04. The Labute approximate surface area is 184 Å². The molecule has 2 aliphatic carbocycles. The number of nitrogens with one attached hydrogen (secondary N) is 1. The number of hydrogen-bond acceptors (Lipinski definition) is 2. The molecular weight excluding hydrogens is 422 g/mol. The van der Waals surface area contributed by atoms with Crippen LogP contribution in [-0.2, 0) is 6.18 Å². The van der Waals surface area contributed by atoms with Crippen LogP contribution in [-0.4, -0.2) is 47.5 Å². The maximum absolute atomic E-state index is 13.6. The number of amides is 2. The maximum atomic E-state index is 13.6. The fraction of sp³-hybridized carbons (Fsp3) is 0.458. The molecule has 1 aromatic rings. The molecule has 2 fully saturated rings. The Morgan fingerprint density at radius 1 is 1.12 bits per heavy atom. The number of rotatable bonds is 5. The number of allylic oxidation sites excluding steroid dienone is 3. The minimum absolute atomic E-state index is 0.0266. The van der Waals surface area contributed by atoms with Crippen molar-refractivity contribution in [3.05, 3.63) is 53.9 Å². The molecule has 0 aromatic heterocycles. The van der Waals surface area contributed by atoms with Crippen LogP contribution in [0.15, 0.2) is 42.5 Å². The van der Waals surface area contributed by atoms with Crippen LogP contribution in [0.1, 0.15) is 31.2 Å². The quantitative estimate of drug-likeness (QED) is 0.507. The van der Waals surface area contributed by atoms with E-state index in [9.17, 15) is 22.4 Å². The summed E-state index contributed by atoms with van der Waals surface area (Å²) in [6, 6.07) is 2.26. The van der Waals surface area contributed by atoms with Crippen molar-refractivity contribution in [2.24, 2.45) is 5.92 Å². The molecular formula is C24H25F4N3O. The molecule has 0 radical (unpaired) electrons. The summed E-state index contributed by atoms with van der Waals surface area (Å²) in [7, 11) is 0. The van der Waals surface area contributed by atoms with Crippen LogP contribution in [0.3, 0.4) is 0 Å². The zero-order chi connectivity index (χ0) is 22.7. The summed E-state index contributed by atoms with van der Waals surface area (Å²) >= 11 is 0. The first-order valence-corrected chi connectivity index (χ1v) is 10.8. The average Bonchev–Trinajstić information content (AvgIpc) is 3.58. The fourth-order valence-corrected chi connectivity index (χ4v) is 4.26. The minimum atomic E-state index is -4.82. The molecule has 170 valence electrons. The van der Waals surface area contributed by atoms with E-state index in [2.05, 4.69) is 28.1 Å². The third-order valence-corrected chi connectivity index (χ3v) is 6.01. The Bertz CT molecular complexity index is 964. The van der Waals surface area contributed by atoms with Gasteiger partial charge in [0, 0.05) is 37.4 Å². The van der Waals surface area contributed by atoms with Crippen molar-refractivity contribution in [1.82, 2.24) is 9.80 Å². The van der Waals surface area contributed by atoms with E-state index < -0.39 is 23.6 Å². The van der Waals surface area contributed by atoms with Crippen molar-refractivity contribution in [3.8, 4) is 11.8 Å². The van der Waals surface area contributed by atoms with Crippen LogP contribution >= 0.6 is 0 Å². The Morgan fingerprint density at radius 3 is 2.53 bits per heavy atom. The lowest BCUT2D eigenvalue weighted by Crippen LogP contribution is -2.50. The smallest absolute Gasteiger partial charge is 0.318 e. The standard InChI is InChI=1S/C24H25F4N3O/c25-22-10-7-18(15-21(22)24(26,27)28)29-23(32)31(19-8-9-19)20-11-13-30(14-12-20)16-17-5-3-1-2-4-6-17/h1-3,5,7,10,15,17,19-20H,8-9,11-14,16H2,(H,29,32). The highest BCUT2D eigenvalue weighted by Crippen LogP contribution is 2.35. The molecule has 0 spiro atoms. The molecule has 1 aliphatic heterocycles. The Balaban J connectivity index is 1.37. The van der Waals surface area contributed by atoms with Crippen molar-refractivity contribution < 1.29 is 22.4 Å². The molecule has 1 saturated carbocycles. The van der Waals surface area contributed by atoms with E-state index in [4.69, 9.17) is 0 Å². The van der Waals surface area contributed by atoms with E-state index in [1.54, 1.807) is 4.90 Å². The maximum Gasteiger partial charge on any atom is 0.419 e. The summed E-state index contributed by atoms with van der Waals surface area (Å²) in [6.45, 7) is 2.49. The van der Waals surface area contributed by atoms with Crippen LogP contribution in [0.4, 0.5) is 28.0 Å². The SMILES string of the molecule is O=C(Nc1ccc(F)c(C(F)(F)F)c1)N(C1CC1)C1CCN(CC2C#CC=CC=C2)CC1. The minimum Gasteiger partial charge on any atom is -0.318 e. The van der Waals surface area contributed by atoms with Crippen molar-refractivity contribution in [2.45, 2.75) is 43.9 Å². The van der Waals surface area contributed by atoms with Gasteiger partial charge < -0.3 is 15.1 Å². The van der Waals surface area contributed by atoms with Gasteiger partial charge in [-0.3, -0.25) is 0 Å². The van der Waals surface area contributed by atoms with E-state index in [1.807, 2.05) is 18.2 Å². The summed E-state index contributed by atoms with van der Waals surface area (Å²) in [4.78, 5) is 17.1. The number of hydrogen-bond donors (Lipinski definition) is 1. The molecule has 4 rings (SSSR count). The lowest BCUT2D eigenvalue weighted by atomic mass is 10.0. The van der Waals surface area contributed by atoms with Gasteiger partial charge in [0.2, 0.25) is 0 Å². The lowest BCUT2D eigenvalue weighted by molar-refractivity contribution is -0.139. The average molecular weight is 447 g/mol. The highest BCUT2D eigenvalue weighted by atomic mass is 19.4. The Morgan fingerprint density at radius 2 is 1.84 bits per heavy atom. The number of likely N-dealkylation sites (tertiary alicyclic amines) is 1. The normalized spacial score (nSPS) is 21.6. The molecule has 0 bridgehead atoms. The molecule has 1 aromatic carbocycles. The molecule has 32 heavy (non-hydrogen) atoms. The van der Waals surface area contributed by atoms with Gasteiger partial charge in [-0.05, 0) is 50.0 Å². The van der Waals surface area contributed by atoms with Gasteiger partial charge >= 0.3 is 12.2 Å². The number of halogens is 4. The first-order chi connectivity index (χ1) is 15.3. The number of alkyl halides is 3. The number of piperidine rings is 1. The third kappa shape index (κ3) is 5.52. The van der Waals surface area contributed by atoms with Crippen molar-refractivity contribution in [1.29, 1.82) is 0 Å². The molecule has 3 aliphatic rings. The number of benzene rings is 1. The molecule has 1 atom stereocenters. The summed E-state index contributed by atoms with van der Waals surface area (Å²) < 4.78 is 52.5. The van der Waals surface area contributed by atoms with Gasteiger partial charge in [-0.2, -0.15) is 13.2 Å². The van der Waals surface area contributed by atoms with Crippen LogP contribution in [0.2, 0.25) is 0 Å². The second-order valence-electron chi connectivity index (χ2n) is 8.43. The number of carbonyl (C=O) groups is 1. The molecule has 8 heteroatoms.